The summed E-state index contributed by atoms with van der Waals surface area (Å²) in [6, 6.07) is 10.0. The van der Waals surface area contributed by atoms with Gasteiger partial charge in [-0.3, -0.25) is 15.0 Å². The highest BCUT2D eigenvalue weighted by molar-refractivity contribution is 8.00. The molecule has 3 aromatic rings. The lowest BCUT2D eigenvalue weighted by Crippen LogP contribution is -2.45. The predicted octanol–water partition coefficient (Wildman–Crippen LogP) is 3.27. The van der Waals surface area contributed by atoms with E-state index in [1.807, 2.05) is 0 Å². The van der Waals surface area contributed by atoms with Crippen LogP contribution < -0.4 is 5.43 Å². The number of hydrazine groups is 1. The molecule has 0 bridgehead atoms. The van der Waals surface area contributed by atoms with Crippen molar-refractivity contribution in [2.75, 3.05) is 5.75 Å². The van der Waals surface area contributed by atoms with Crippen molar-refractivity contribution in [3.05, 3.63) is 65.5 Å². The SMILES string of the molecule is O=C(NN1C(=O)CSC1c1ccc(O)cc1)c1cc2cccnc2nc1C(F)(F)F. The van der Waals surface area contributed by atoms with Crippen LogP contribution in [0.25, 0.3) is 11.0 Å². The van der Waals surface area contributed by atoms with E-state index in [4.69, 9.17) is 0 Å². The van der Waals surface area contributed by atoms with Gasteiger partial charge in [0.15, 0.2) is 11.3 Å². The minimum atomic E-state index is -4.89. The summed E-state index contributed by atoms with van der Waals surface area (Å²) in [5.74, 6) is -1.51. The first-order valence-electron chi connectivity index (χ1n) is 8.60. The second-order valence-corrected chi connectivity index (χ2v) is 7.46. The fraction of sp³-hybridized carbons (Fsp3) is 0.158. The highest BCUT2D eigenvalue weighted by Crippen LogP contribution is 2.38. The minimum Gasteiger partial charge on any atom is -0.508 e. The number of phenols is 1. The van der Waals surface area contributed by atoms with Crippen molar-refractivity contribution in [1.29, 1.82) is 0 Å². The van der Waals surface area contributed by atoms with Crippen LogP contribution in [0.15, 0.2) is 48.7 Å². The summed E-state index contributed by atoms with van der Waals surface area (Å²) >= 11 is 1.20. The molecular formula is C19H13F3N4O3S. The molecule has 1 saturated heterocycles. The number of nitrogens with zero attached hydrogens (tertiary/aromatic N) is 3. The molecule has 0 radical (unpaired) electrons. The van der Waals surface area contributed by atoms with Gasteiger partial charge in [-0.1, -0.05) is 12.1 Å². The normalized spacial score (nSPS) is 16.8. The molecule has 7 nitrogen and oxygen atoms in total. The molecular weight excluding hydrogens is 421 g/mol. The van der Waals surface area contributed by atoms with Crippen molar-refractivity contribution in [2.24, 2.45) is 0 Å². The molecule has 1 aliphatic heterocycles. The minimum absolute atomic E-state index is 0.0225. The molecule has 0 spiro atoms. The largest absolute Gasteiger partial charge is 0.508 e. The van der Waals surface area contributed by atoms with E-state index in [0.29, 0.717) is 5.56 Å². The summed E-state index contributed by atoms with van der Waals surface area (Å²) in [4.78, 5) is 32.4. The molecule has 1 aliphatic rings. The number of pyridine rings is 2. The number of carbonyl (C=O) groups is 2. The van der Waals surface area contributed by atoms with Gasteiger partial charge >= 0.3 is 6.18 Å². The molecule has 2 aromatic heterocycles. The number of amides is 2. The second kappa shape index (κ2) is 7.48. The highest BCUT2D eigenvalue weighted by Gasteiger charge is 2.40. The van der Waals surface area contributed by atoms with E-state index in [-0.39, 0.29) is 22.5 Å². The molecule has 0 aliphatic carbocycles. The smallest absolute Gasteiger partial charge is 0.434 e. The molecule has 1 aromatic carbocycles. The molecule has 11 heteroatoms. The third-order valence-electron chi connectivity index (χ3n) is 4.37. The van der Waals surface area contributed by atoms with Crippen molar-refractivity contribution in [2.45, 2.75) is 11.6 Å². The van der Waals surface area contributed by atoms with Crippen molar-refractivity contribution in [3.63, 3.8) is 0 Å². The number of aromatic nitrogens is 2. The third-order valence-corrected chi connectivity index (χ3v) is 5.58. The molecule has 4 rings (SSSR count). The van der Waals surface area contributed by atoms with E-state index in [1.165, 1.54) is 42.2 Å². The number of hydrogen-bond acceptors (Lipinski definition) is 6. The standard InChI is InChI=1S/C19H13F3N4O3S/c20-19(21,22)15-13(8-11-2-1-7-23-16(11)24-15)17(29)25-26-14(28)9-30-18(26)10-3-5-12(27)6-4-10/h1-8,18,27H,9H2,(H,25,29). The summed E-state index contributed by atoms with van der Waals surface area (Å²) in [7, 11) is 0. The first-order valence-corrected chi connectivity index (χ1v) is 9.65. The van der Waals surface area contributed by atoms with E-state index in [9.17, 15) is 27.9 Å². The number of hydrogen-bond donors (Lipinski definition) is 2. The Kier molecular flexibility index (Phi) is 4.98. The van der Waals surface area contributed by atoms with Crippen LogP contribution in [0.3, 0.4) is 0 Å². The Labute approximate surface area is 171 Å². The molecule has 154 valence electrons. The number of benzene rings is 1. The number of thioether (sulfide) groups is 1. The Hall–Kier alpha value is -3.34. The average molecular weight is 434 g/mol. The van der Waals surface area contributed by atoms with Crippen molar-refractivity contribution < 1.29 is 27.9 Å². The highest BCUT2D eigenvalue weighted by atomic mass is 32.2. The fourth-order valence-electron chi connectivity index (χ4n) is 2.99. The van der Waals surface area contributed by atoms with E-state index in [1.54, 1.807) is 12.1 Å². The summed E-state index contributed by atoms with van der Waals surface area (Å²) < 4.78 is 40.6. The maximum absolute atomic E-state index is 13.5. The van der Waals surface area contributed by atoms with E-state index >= 15 is 0 Å². The van der Waals surface area contributed by atoms with Gasteiger partial charge in [-0.2, -0.15) is 13.2 Å². The van der Waals surface area contributed by atoms with Gasteiger partial charge in [0.2, 0.25) is 0 Å². The van der Waals surface area contributed by atoms with Crippen LogP contribution >= 0.6 is 11.8 Å². The van der Waals surface area contributed by atoms with Gasteiger partial charge in [0.25, 0.3) is 11.8 Å². The van der Waals surface area contributed by atoms with Crippen LogP contribution in [0.2, 0.25) is 0 Å². The van der Waals surface area contributed by atoms with E-state index in [2.05, 4.69) is 15.4 Å². The first-order chi connectivity index (χ1) is 14.2. The molecule has 3 heterocycles. The van der Waals surface area contributed by atoms with Gasteiger partial charge < -0.3 is 5.11 Å². The zero-order valence-corrected chi connectivity index (χ0v) is 15.9. The molecule has 30 heavy (non-hydrogen) atoms. The van der Waals surface area contributed by atoms with Crippen LogP contribution in [0.5, 0.6) is 5.75 Å². The summed E-state index contributed by atoms with van der Waals surface area (Å²) in [6.45, 7) is 0. The molecule has 2 amide bonds. The monoisotopic (exact) mass is 434 g/mol. The average Bonchev–Trinajstić information content (AvgIpc) is 3.07. The number of aromatic hydroxyl groups is 1. The van der Waals surface area contributed by atoms with Gasteiger partial charge in [0.1, 0.15) is 11.1 Å². The van der Waals surface area contributed by atoms with Crippen LogP contribution in [0, 0.1) is 0 Å². The Morgan fingerprint density at radius 1 is 1.23 bits per heavy atom. The second-order valence-electron chi connectivity index (χ2n) is 6.39. The van der Waals surface area contributed by atoms with Crippen molar-refractivity contribution in [3.8, 4) is 5.75 Å². The number of nitrogens with one attached hydrogen (secondary N) is 1. The maximum Gasteiger partial charge on any atom is 0.434 e. The number of halogens is 3. The quantitative estimate of drug-likeness (QED) is 0.657. The number of fused-ring (bicyclic) bond motifs is 1. The van der Waals surface area contributed by atoms with Gasteiger partial charge in [0, 0.05) is 11.6 Å². The first kappa shape index (κ1) is 20.0. The Bertz CT molecular complexity index is 1140. The summed E-state index contributed by atoms with van der Waals surface area (Å²) in [5, 5.41) is 10.0. The van der Waals surface area contributed by atoms with Gasteiger partial charge in [-0.05, 0) is 35.9 Å². The van der Waals surface area contributed by atoms with Crippen LogP contribution in [0.4, 0.5) is 13.2 Å². The van der Waals surface area contributed by atoms with Crippen molar-refractivity contribution in [1.82, 2.24) is 20.4 Å². The molecule has 1 atom stereocenters. The topological polar surface area (TPSA) is 95.4 Å². The molecule has 1 fully saturated rings. The fourth-order valence-corrected chi connectivity index (χ4v) is 4.10. The Morgan fingerprint density at radius 2 is 1.97 bits per heavy atom. The molecule has 1 unspecified atom stereocenters. The van der Waals surface area contributed by atoms with Gasteiger partial charge in [-0.15, -0.1) is 11.8 Å². The van der Waals surface area contributed by atoms with Crippen LogP contribution in [0.1, 0.15) is 27.0 Å². The van der Waals surface area contributed by atoms with E-state index < -0.39 is 34.6 Å². The lowest BCUT2D eigenvalue weighted by Gasteiger charge is -2.25. The molecule has 2 N–H and O–H groups in total. The van der Waals surface area contributed by atoms with Crippen LogP contribution in [-0.4, -0.2) is 37.7 Å². The number of rotatable bonds is 3. The zero-order valence-electron chi connectivity index (χ0n) is 15.1. The zero-order chi connectivity index (χ0) is 21.5. The van der Waals surface area contributed by atoms with Crippen LogP contribution in [-0.2, 0) is 11.0 Å². The lowest BCUT2D eigenvalue weighted by atomic mass is 10.1. The maximum atomic E-state index is 13.5. The Morgan fingerprint density at radius 3 is 2.67 bits per heavy atom. The third kappa shape index (κ3) is 3.75. The van der Waals surface area contributed by atoms with E-state index in [0.717, 1.165) is 11.1 Å². The van der Waals surface area contributed by atoms with Gasteiger partial charge in [-0.25, -0.2) is 15.0 Å². The van der Waals surface area contributed by atoms with Crippen molar-refractivity contribution >= 4 is 34.6 Å². The Balaban J connectivity index is 1.69. The number of phenolic OH excluding ortho intramolecular Hbond substituents is 1. The summed E-state index contributed by atoms with van der Waals surface area (Å²) in [5.41, 5.74) is 0.648. The predicted molar refractivity (Wildman–Crippen MR) is 102 cm³/mol. The molecule has 0 saturated carbocycles. The number of carbonyl (C=O) groups excluding carboxylic acids is 2. The number of alkyl halides is 3. The van der Waals surface area contributed by atoms with Gasteiger partial charge in [0.05, 0.1) is 11.3 Å². The lowest BCUT2D eigenvalue weighted by molar-refractivity contribution is -0.141. The summed E-state index contributed by atoms with van der Waals surface area (Å²) in [6.07, 6.45) is -3.59.